The Hall–Kier alpha value is -1.96. The first-order chi connectivity index (χ1) is 12.8. The highest BCUT2D eigenvalue weighted by molar-refractivity contribution is 5.53. The maximum absolute atomic E-state index is 11.2. The van der Waals surface area contributed by atoms with Crippen LogP contribution in [0.15, 0.2) is 36.4 Å². The van der Waals surface area contributed by atoms with E-state index in [0.717, 1.165) is 36.0 Å². The average molecular weight is 383 g/mol. The lowest BCUT2D eigenvalue weighted by Crippen LogP contribution is -2.25. The Morgan fingerprint density at radius 2 is 1.29 bits per heavy atom. The van der Waals surface area contributed by atoms with E-state index in [0.29, 0.717) is 5.75 Å². The van der Waals surface area contributed by atoms with E-state index in [1.54, 1.807) is 12.1 Å². The number of hydrogen-bond acceptors (Lipinski definition) is 2. The van der Waals surface area contributed by atoms with Gasteiger partial charge < -0.3 is 10.2 Å². The molecule has 2 aromatic carbocycles. The molecule has 2 rings (SSSR count). The predicted octanol–water partition coefficient (Wildman–Crippen LogP) is 7.19. The summed E-state index contributed by atoms with van der Waals surface area (Å²) in [5.74, 6) is 0.723. The van der Waals surface area contributed by atoms with Crippen molar-refractivity contribution in [3.63, 3.8) is 0 Å². The van der Waals surface area contributed by atoms with Gasteiger partial charge >= 0.3 is 0 Å². The van der Waals surface area contributed by atoms with Gasteiger partial charge in [0.25, 0.3) is 0 Å². The fraction of sp³-hybridized carbons (Fsp3) is 0.538. The van der Waals surface area contributed by atoms with Gasteiger partial charge in [0.1, 0.15) is 11.5 Å². The zero-order valence-electron chi connectivity index (χ0n) is 19.0. The zero-order chi connectivity index (χ0) is 21.3. The molecule has 0 spiro atoms. The lowest BCUT2D eigenvalue weighted by atomic mass is 9.70. The van der Waals surface area contributed by atoms with E-state index < -0.39 is 0 Å². The van der Waals surface area contributed by atoms with Crippen LogP contribution in [0.25, 0.3) is 0 Å². The molecule has 2 aromatic rings. The van der Waals surface area contributed by atoms with E-state index in [4.69, 9.17) is 0 Å². The lowest BCUT2D eigenvalue weighted by Gasteiger charge is -2.34. The maximum atomic E-state index is 11.2. The quantitative estimate of drug-likeness (QED) is 0.555. The van der Waals surface area contributed by atoms with Gasteiger partial charge in [-0.3, -0.25) is 0 Å². The number of hydrogen-bond donors (Lipinski definition) is 2. The van der Waals surface area contributed by atoms with Crippen LogP contribution in [0, 0.1) is 0 Å². The second-order valence-corrected chi connectivity index (χ2v) is 10.3. The van der Waals surface area contributed by atoms with Crippen molar-refractivity contribution in [2.24, 2.45) is 0 Å². The molecule has 0 aliphatic carbocycles. The van der Waals surface area contributed by atoms with Crippen molar-refractivity contribution in [1.29, 1.82) is 0 Å². The Kier molecular flexibility index (Phi) is 6.23. The number of aromatic hydroxyl groups is 2. The largest absolute Gasteiger partial charge is 0.508 e. The van der Waals surface area contributed by atoms with Crippen LogP contribution in [0.4, 0.5) is 0 Å². The molecule has 0 heterocycles. The lowest BCUT2D eigenvalue weighted by molar-refractivity contribution is 0.396. The van der Waals surface area contributed by atoms with Crippen molar-refractivity contribution in [3.8, 4) is 11.5 Å². The van der Waals surface area contributed by atoms with Crippen LogP contribution in [-0.2, 0) is 16.2 Å². The van der Waals surface area contributed by atoms with Crippen LogP contribution in [0.2, 0.25) is 0 Å². The molecule has 154 valence electrons. The molecule has 2 heteroatoms. The monoisotopic (exact) mass is 382 g/mol. The van der Waals surface area contributed by atoms with Gasteiger partial charge in [-0.25, -0.2) is 0 Å². The Morgan fingerprint density at radius 1 is 0.750 bits per heavy atom. The van der Waals surface area contributed by atoms with Crippen LogP contribution in [0.3, 0.4) is 0 Å². The fourth-order valence-electron chi connectivity index (χ4n) is 3.88. The molecule has 0 saturated carbocycles. The third kappa shape index (κ3) is 4.54. The van der Waals surface area contributed by atoms with E-state index in [2.05, 4.69) is 67.5 Å². The first-order valence-electron chi connectivity index (χ1n) is 10.5. The Balaban J connectivity index is 2.71. The van der Waals surface area contributed by atoms with Crippen LogP contribution in [0.1, 0.15) is 96.9 Å². The number of rotatable bonds is 6. The van der Waals surface area contributed by atoms with Crippen molar-refractivity contribution in [2.75, 3.05) is 0 Å². The average Bonchev–Trinajstić information content (AvgIpc) is 2.59. The Morgan fingerprint density at radius 3 is 1.79 bits per heavy atom. The highest BCUT2D eigenvalue weighted by atomic mass is 16.3. The molecule has 0 atom stereocenters. The summed E-state index contributed by atoms with van der Waals surface area (Å²) < 4.78 is 0. The zero-order valence-corrected chi connectivity index (χ0v) is 19.0. The van der Waals surface area contributed by atoms with Crippen LogP contribution in [-0.4, -0.2) is 10.2 Å². The number of phenols is 2. The van der Waals surface area contributed by atoms with Crippen molar-refractivity contribution in [2.45, 2.75) is 90.9 Å². The minimum Gasteiger partial charge on any atom is -0.508 e. The van der Waals surface area contributed by atoms with Gasteiger partial charge in [-0.1, -0.05) is 92.5 Å². The molecule has 0 amide bonds. The van der Waals surface area contributed by atoms with Crippen molar-refractivity contribution < 1.29 is 10.2 Å². The second kappa shape index (κ2) is 7.81. The minimum absolute atomic E-state index is 0.0961. The van der Waals surface area contributed by atoms with Gasteiger partial charge in [-0.2, -0.15) is 0 Å². The summed E-state index contributed by atoms with van der Waals surface area (Å²) in [6.45, 7) is 17.6. The first-order valence-corrected chi connectivity index (χ1v) is 10.5. The normalized spacial score (nSPS) is 13.0. The van der Waals surface area contributed by atoms with Gasteiger partial charge in [-0.05, 0) is 46.1 Å². The topological polar surface area (TPSA) is 40.5 Å². The van der Waals surface area contributed by atoms with Crippen molar-refractivity contribution >= 4 is 0 Å². The molecule has 28 heavy (non-hydrogen) atoms. The summed E-state index contributed by atoms with van der Waals surface area (Å²) in [5, 5.41) is 20.9. The van der Waals surface area contributed by atoms with E-state index >= 15 is 0 Å². The van der Waals surface area contributed by atoms with Crippen LogP contribution in [0.5, 0.6) is 11.5 Å². The summed E-state index contributed by atoms with van der Waals surface area (Å²) >= 11 is 0. The molecule has 0 unspecified atom stereocenters. The highest BCUT2D eigenvalue weighted by Crippen LogP contribution is 2.45. The molecule has 0 radical (unpaired) electrons. The predicted molar refractivity (Wildman–Crippen MR) is 120 cm³/mol. The molecular formula is C26H38O2. The highest BCUT2D eigenvalue weighted by Gasteiger charge is 2.32. The molecule has 0 bridgehead atoms. The standard InChI is InChI=1S/C26H38O2/c1-9-10-15-25(5,6)22-17-19(16-21(23(22)28)24(2,3)4)26(7,8)18-11-13-20(27)14-12-18/h11-14,16-17,27-28H,9-10,15H2,1-8H3. The fourth-order valence-corrected chi connectivity index (χ4v) is 3.88. The Labute approximate surface area is 171 Å². The third-order valence-electron chi connectivity index (χ3n) is 6.11. The molecule has 0 saturated heterocycles. The molecule has 0 fully saturated rings. The number of benzene rings is 2. The SMILES string of the molecule is CCCCC(C)(C)c1cc(C(C)(C)c2ccc(O)cc2)cc(C(C)(C)C)c1O. The summed E-state index contributed by atoms with van der Waals surface area (Å²) in [6, 6.07) is 11.8. The second-order valence-electron chi connectivity index (χ2n) is 10.3. The van der Waals surface area contributed by atoms with E-state index in [1.807, 2.05) is 12.1 Å². The van der Waals surface area contributed by atoms with E-state index in [9.17, 15) is 10.2 Å². The Bertz CT molecular complexity index is 806. The summed E-state index contributed by atoms with van der Waals surface area (Å²) in [7, 11) is 0. The summed E-state index contributed by atoms with van der Waals surface area (Å²) in [6.07, 6.45) is 3.33. The molecular weight excluding hydrogens is 344 g/mol. The van der Waals surface area contributed by atoms with Gasteiger partial charge in [0.05, 0.1) is 0 Å². The summed E-state index contributed by atoms with van der Waals surface area (Å²) in [4.78, 5) is 0. The first kappa shape index (κ1) is 22.3. The summed E-state index contributed by atoms with van der Waals surface area (Å²) in [5.41, 5.74) is 3.89. The van der Waals surface area contributed by atoms with E-state index in [1.165, 1.54) is 5.56 Å². The number of phenolic OH excluding ortho intramolecular Hbond substituents is 2. The van der Waals surface area contributed by atoms with Gasteiger partial charge in [0, 0.05) is 11.0 Å². The van der Waals surface area contributed by atoms with Gasteiger partial charge in [0.2, 0.25) is 0 Å². The van der Waals surface area contributed by atoms with Crippen molar-refractivity contribution in [3.05, 3.63) is 58.7 Å². The van der Waals surface area contributed by atoms with Crippen LogP contribution >= 0.6 is 0 Å². The minimum atomic E-state index is -0.239. The number of unbranched alkanes of at least 4 members (excludes halogenated alkanes) is 1. The molecule has 0 aliphatic heterocycles. The van der Waals surface area contributed by atoms with Crippen LogP contribution < -0.4 is 0 Å². The maximum Gasteiger partial charge on any atom is 0.123 e. The molecule has 0 aromatic heterocycles. The van der Waals surface area contributed by atoms with Gasteiger partial charge in [0.15, 0.2) is 0 Å². The van der Waals surface area contributed by atoms with Crippen molar-refractivity contribution in [1.82, 2.24) is 0 Å². The molecule has 2 N–H and O–H groups in total. The smallest absolute Gasteiger partial charge is 0.123 e. The molecule has 2 nitrogen and oxygen atoms in total. The van der Waals surface area contributed by atoms with Gasteiger partial charge in [-0.15, -0.1) is 0 Å². The third-order valence-corrected chi connectivity index (χ3v) is 6.11. The van der Waals surface area contributed by atoms with E-state index in [-0.39, 0.29) is 22.0 Å². The molecule has 0 aliphatic rings.